The molecule has 0 spiro atoms. The molecule has 0 radical (unpaired) electrons. The molecule has 2 fully saturated rings. The van der Waals surface area contributed by atoms with Gasteiger partial charge in [-0.1, -0.05) is 6.42 Å². The van der Waals surface area contributed by atoms with E-state index >= 15 is 0 Å². The summed E-state index contributed by atoms with van der Waals surface area (Å²) >= 11 is 0. The maximum absolute atomic E-state index is 12.3. The highest BCUT2D eigenvalue weighted by molar-refractivity contribution is 5.73. The zero-order valence-corrected chi connectivity index (χ0v) is 13.9. The summed E-state index contributed by atoms with van der Waals surface area (Å²) in [6.07, 6.45) is 3.76. The lowest BCUT2D eigenvalue weighted by Gasteiger charge is -2.43. The van der Waals surface area contributed by atoms with Gasteiger partial charge in [0.05, 0.1) is 5.92 Å². The van der Waals surface area contributed by atoms with Crippen LogP contribution >= 0.6 is 0 Å². The van der Waals surface area contributed by atoms with Crippen LogP contribution in [0.2, 0.25) is 0 Å². The second-order valence-corrected chi connectivity index (χ2v) is 7.41. The average molecular weight is 312 g/mol. The number of carboxylic acids is 1. The molecule has 0 aromatic heterocycles. The lowest BCUT2D eigenvalue weighted by Crippen LogP contribution is -2.55. The highest BCUT2D eigenvalue weighted by Crippen LogP contribution is 2.25. The fourth-order valence-electron chi connectivity index (χ4n) is 3.27. The Hall–Kier alpha value is -1.30. The molecule has 6 nitrogen and oxygen atoms in total. The smallest absolute Gasteiger partial charge is 0.410 e. The Bertz CT molecular complexity index is 413. The first kappa shape index (κ1) is 17.1. The van der Waals surface area contributed by atoms with Gasteiger partial charge in [0.1, 0.15) is 5.60 Å². The topological polar surface area (TPSA) is 70.1 Å². The van der Waals surface area contributed by atoms with Gasteiger partial charge in [-0.2, -0.15) is 0 Å². The van der Waals surface area contributed by atoms with E-state index in [0.29, 0.717) is 13.0 Å². The first-order valence-electron chi connectivity index (χ1n) is 8.21. The van der Waals surface area contributed by atoms with Crippen LogP contribution in [0.5, 0.6) is 0 Å². The van der Waals surface area contributed by atoms with E-state index in [4.69, 9.17) is 4.74 Å². The Kier molecular flexibility index (Phi) is 5.32. The third kappa shape index (κ3) is 4.60. The molecule has 2 heterocycles. The van der Waals surface area contributed by atoms with Crippen LogP contribution in [0, 0.1) is 5.92 Å². The number of carbonyl (C=O) groups excluding carboxylic acids is 1. The summed E-state index contributed by atoms with van der Waals surface area (Å²) in [4.78, 5) is 27.7. The highest BCUT2D eigenvalue weighted by Gasteiger charge is 2.38. The molecule has 0 bridgehead atoms. The molecule has 1 amide bonds. The molecular formula is C16H28N2O4. The minimum Gasteiger partial charge on any atom is -0.481 e. The molecule has 126 valence electrons. The van der Waals surface area contributed by atoms with Gasteiger partial charge >= 0.3 is 12.1 Å². The normalized spacial score (nSPS) is 27.5. The first-order valence-corrected chi connectivity index (χ1v) is 8.21. The van der Waals surface area contributed by atoms with Gasteiger partial charge in [0.2, 0.25) is 0 Å². The molecule has 2 atom stereocenters. The molecule has 22 heavy (non-hydrogen) atoms. The molecule has 0 unspecified atom stereocenters. The molecule has 0 aromatic carbocycles. The summed E-state index contributed by atoms with van der Waals surface area (Å²) in [6, 6.07) is 0.127. The standard InChI is InChI=1S/C16H28N2O4/c1-16(2,3)22-15(21)18-10-12(14(19)20)9-13(11-18)17-7-5-4-6-8-17/h12-13H,4-11H2,1-3H3,(H,19,20)/t12-,13+/m1/s1. The molecule has 0 aromatic rings. The van der Waals surface area contributed by atoms with Crippen LogP contribution in [-0.4, -0.2) is 64.8 Å². The van der Waals surface area contributed by atoms with Gasteiger partial charge in [-0.05, 0) is 53.1 Å². The molecule has 1 N–H and O–H groups in total. The monoisotopic (exact) mass is 312 g/mol. The van der Waals surface area contributed by atoms with Crippen molar-refractivity contribution in [3.05, 3.63) is 0 Å². The Morgan fingerprint density at radius 1 is 1.09 bits per heavy atom. The van der Waals surface area contributed by atoms with Crippen LogP contribution in [-0.2, 0) is 9.53 Å². The Labute approximate surface area is 132 Å². The van der Waals surface area contributed by atoms with E-state index in [1.54, 1.807) is 4.90 Å². The molecule has 0 saturated carbocycles. The number of likely N-dealkylation sites (tertiary alicyclic amines) is 2. The Morgan fingerprint density at radius 2 is 1.73 bits per heavy atom. The van der Waals surface area contributed by atoms with Crippen molar-refractivity contribution in [1.82, 2.24) is 9.80 Å². The van der Waals surface area contributed by atoms with Crippen LogP contribution in [0.3, 0.4) is 0 Å². The number of hydrogen-bond acceptors (Lipinski definition) is 4. The first-order chi connectivity index (χ1) is 10.3. The van der Waals surface area contributed by atoms with Gasteiger partial charge < -0.3 is 14.7 Å². The largest absolute Gasteiger partial charge is 0.481 e. The lowest BCUT2D eigenvalue weighted by atomic mass is 9.92. The number of rotatable bonds is 2. The molecule has 0 aliphatic carbocycles. The summed E-state index contributed by atoms with van der Waals surface area (Å²) in [5.74, 6) is -1.33. The lowest BCUT2D eigenvalue weighted by molar-refractivity contribution is -0.144. The van der Waals surface area contributed by atoms with Crippen molar-refractivity contribution >= 4 is 12.1 Å². The molecular weight excluding hydrogens is 284 g/mol. The molecule has 2 saturated heterocycles. The van der Waals surface area contributed by atoms with E-state index in [1.165, 1.54) is 6.42 Å². The van der Waals surface area contributed by atoms with Crippen LogP contribution in [0.1, 0.15) is 46.5 Å². The predicted molar refractivity (Wildman–Crippen MR) is 82.8 cm³/mol. The maximum atomic E-state index is 12.3. The summed E-state index contributed by atoms with van der Waals surface area (Å²) in [7, 11) is 0. The molecule has 6 heteroatoms. The van der Waals surface area contributed by atoms with Crippen molar-refractivity contribution in [2.45, 2.75) is 58.1 Å². The van der Waals surface area contributed by atoms with Crippen molar-refractivity contribution in [3.63, 3.8) is 0 Å². The third-order valence-electron chi connectivity index (χ3n) is 4.34. The number of carboxylic acid groups (broad SMARTS) is 1. The van der Waals surface area contributed by atoms with Crippen molar-refractivity contribution in [3.8, 4) is 0 Å². The number of aliphatic carboxylic acids is 1. The summed E-state index contributed by atoms with van der Waals surface area (Å²) in [5, 5.41) is 9.39. The van der Waals surface area contributed by atoms with Gasteiger partial charge in [-0.25, -0.2) is 4.79 Å². The molecule has 2 aliphatic rings. The van der Waals surface area contributed by atoms with Gasteiger partial charge in [0.25, 0.3) is 0 Å². The van der Waals surface area contributed by atoms with Gasteiger partial charge in [0.15, 0.2) is 0 Å². The zero-order valence-electron chi connectivity index (χ0n) is 13.9. The van der Waals surface area contributed by atoms with Crippen molar-refractivity contribution in [2.75, 3.05) is 26.2 Å². The quantitative estimate of drug-likeness (QED) is 0.846. The summed E-state index contributed by atoms with van der Waals surface area (Å²) in [6.45, 7) is 8.29. The van der Waals surface area contributed by atoms with Gasteiger partial charge in [0, 0.05) is 19.1 Å². The summed E-state index contributed by atoms with van der Waals surface area (Å²) < 4.78 is 5.42. The van der Waals surface area contributed by atoms with Crippen LogP contribution in [0.4, 0.5) is 4.79 Å². The van der Waals surface area contributed by atoms with E-state index < -0.39 is 23.6 Å². The second kappa shape index (κ2) is 6.86. The van der Waals surface area contributed by atoms with E-state index in [0.717, 1.165) is 25.9 Å². The molecule has 2 rings (SSSR count). The predicted octanol–water partition coefficient (Wildman–Crippen LogP) is 2.18. The fraction of sp³-hybridized carbons (Fsp3) is 0.875. The van der Waals surface area contributed by atoms with Gasteiger partial charge in [-0.3, -0.25) is 9.69 Å². The maximum Gasteiger partial charge on any atom is 0.410 e. The number of hydrogen-bond donors (Lipinski definition) is 1. The van der Waals surface area contributed by atoms with Crippen molar-refractivity contribution < 1.29 is 19.4 Å². The van der Waals surface area contributed by atoms with E-state index in [1.807, 2.05) is 20.8 Å². The molecule has 2 aliphatic heterocycles. The van der Waals surface area contributed by atoms with Crippen LogP contribution < -0.4 is 0 Å². The van der Waals surface area contributed by atoms with Crippen LogP contribution in [0.25, 0.3) is 0 Å². The van der Waals surface area contributed by atoms with Crippen molar-refractivity contribution in [1.29, 1.82) is 0 Å². The fourth-order valence-corrected chi connectivity index (χ4v) is 3.27. The number of amides is 1. The average Bonchev–Trinajstić information content (AvgIpc) is 2.46. The highest BCUT2D eigenvalue weighted by atomic mass is 16.6. The minimum atomic E-state index is -0.824. The summed E-state index contributed by atoms with van der Waals surface area (Å²) in [5.41, 5.74) is -0.562. The number of carbonyl (C=O) groups is 2. The van der Waals surface area contributed by atoms with E-state index in [9.17, 15) is 14.7 Å². The minimum absolute atomic E-state index is 0.127. The number of ether oxygens (including phenoxy) is 1. The zero-order chi connectivity index (χ0) is 16.3. The second-order valence-electron chi connectivity index (χ2n) is 7.41. The Morgan fingerprint density at radius 3 is 2.27 bits per heavy atom. The van der Waals surface area contributed by atoms with Gasteiger partial charge in [-0.15, -0.1) is 0 Å². The van der Waals surface area contributed by atoms with E-state index in [-0.39, 0.29) is 12.6 Å². The Balaban J connectivity index is 2.05. The number of piperidine rings is 2. The third-order valence-corrected chi connectivity index (χ3v) is 4.34. The van der Waals surface area contributed by atoms with Crippen LogP contribution in [0.15, 0.2) is 0 Å². The SMILES string of the molecule is CC(C)(C)OC(=O)N1C[C@H](C(=O)O)C[C@H](N2CCCCC2)C1. The van der Waals surface area contributed by atoms with E-state index in [2.05, 4.69) is 4.90 Å². The van der Waals surface area contributed by atoms with Crippen molar-refractivity contribution in [2.24, 2.45) is 5.92 Å². The number of nitrogens with zero attached hydrogens (tertiary/aromatic N) is 2.